The van der Waals surface area contributed by atoms with E-state index in [0.29, 0.717) is 10.7 Å². The van der Waals surface area contributed by atoms with Crippen molar-refractivity contribution in [2.24, 2.45) is 0 Å². The van der Waals surface area contributed by atoms with Crippen LogP contribution in [0.5, 0.6) is 0 Å². The summed E-state index contributed by atoms with van der Waals surface area (Å²) in [7, 11) is 0. The summed E-state index contributed by atoms with van der Waals surface area (Å²) in [5.41, 5.74) is 6.15. The molecule has 0 heterocycles. The Morgan fingerprint density at radius 3 is 2.36 bits per heavy atom. The number of rotatable bonds is 6. The molecule has 33 heavy (non-hydrogen) atoms. The first-order valence-corrected chi connectivity index (χ1v) is 10.8. The SMILES string of the molecule is O=C(C=Cc1cccc2ccccc12)NC(=S)NNC(=O)CCC(=O)Nc1ccccc1Cl. The van der Waals surface area contributed by atoms with Gasteiger partial charge < -0.3 is 5.32 Å². The lowest BCUT2D eigenvalue weighted by Crippen LogP contribution is -2.48. The summed E-state index contributed by atoms with van der Waals surface area (Å²) in [5.74, 6) is -1.27. The second kappa shape index (κ2) is 11.8. The Morgan fingerprint density at radius 1 is 0.848 bits per heavy atom. The number of nitrogens with one attached hydrogen (secondary N) is 4. The van der Waals surface area contributed by atoms with Gasteiger partial charge in [0.25, 0.3) is 0 Å². The summed E-state index contributed by atoms with van der Waals surface area (Å²) in [4.78, 5) is 36.0. The molecule has 0 atom stereocenters. The van der Waals surface area contributed by atoms with E-state index in [4.69, 9.17) is 23.8 Å². The number of carbonyl (C=O) groups excluding carboxylic acids is 3. The molecule has 0 bridgehead atoms. The molecule has 3 aromatic rings. The molecule has 3 rings (SSSR count). The van der Waals surface area contributed by atoms with Crippen molar-refractivity contribution in [2.75, 3.05) is 5.32 Å². The van der Waals surface area contributed by atoms with Crippen LogP contribution >= 0.6 is 23.8 Å². The maximum absolute atomic E-state index is 12.1. The molecule has 0 aliphatic carbocycles. The van der Waals surface area contributed by atoms with Gasteiger partial charge in [0, 0.05) is 18.9 Å². The van der Waals surface area contributed by atoms with Gasteiger partial charge in [0.2, 0.25) is 17.7 Å². The molecule has 168 valence electrons. The largest absolute Gasteiger partial charge is 0.325 e. The molecule has 7 nitrogen and oxygen atoms in total. The minimum atomic E-state index is -0.466. The molecular weight excluding hydrogens is 460 g/mol. The van der Waals surface area contributed by atoms with Crippen LogP contribution in [0, 0.1) is 0 Å². The number of para-hydroxylation sites is 1. The van der Waals surface area contributed by atoms with Gasteiger partial charge in [-0.15, -0.1) is 0 Å². The fraction of sp³-hybridized carbons (Fsp3) is 0.0833. The van der Waals surface area contributed by atoms with Crippen LogP contribution in [0.1, 0.15) is 18.4 Å². The van der Waals surface area contributed by atoms with E-state index in [9.17, 15) is 14.4 Å². The van der Waals surface area contributed by atoms with E-state index in [1.807, 2.05) is 42.5 Å². The molecule has 9 heteroatoms. The second-order valence-corrected chi connectivity index (χ2v) is 7.74. The van der Waals surface area contributed by atoms with Crippen molar-refractivity contribution in [1.29, 1.82) is 0 Å². The average Bonchev–Trinajstić information content (AvgIpc) is 2.81. The van der Waals surface area contributed by atoms with Crippen molar-refractivity contribution in [3.8, 4) is 0 Å². The minimum Gasteiger partial charge on any atom is -0.325 e. The van der Waals surface area contributed by atoms with Crippen molar-refractivity contribution in [1.82, 2.24) is 16.2 Å². The lowest BCUT2D eigenvalue weighted by molar-refractivity contribution is -0.124. The van der Waals surface area contributed by atoms with Gasteiger partial charge in [0.15, 0.2) is 5.11 Å². The Hall–Kier alpha value is -3.75. The van der Waals surface area contributed by atoms with Crippen LogP contribution in [0.2, 0.25) is 5.02 Å². The number of hydrogen-bond acceptors (Lipinski definition) is 4. The summed E-state index contributed by atoms with van der Waals surface area (Å²) in [6.07, 6.45) is 2.92. The Kier molecular flexibility index (Phi) is 8.51. The van der Waals surface area contributed by atoms with E-state index in [2.05, 4.69) is 21.5 Å². The second-order valence-electron chi connectivity index (χ2n) is 6.92. The lowest BCUT2D eigenvalue weighted by Gasteiger charge is -2.10. The van der Waals surface area contributed by atoms with Gasteiger partial charge in [-0.1, -0.05) is 66.2 Å². The number of thiocarbonyl (C=S) groups is 1. The molecule has 0 saturated heterocycles. The number of hydrazine groups is 1. The topological polar surface area (TPSA) is 99.3 Å². The van der Waals surface area contributed by atoms with Crippen LogP contribution < -0.4 is 21.5 Å². The Balaban J connectivity index is 1.40. The number of carbonyl (C=O) groups is 3. The highest BCUT2D eigenvalue weighted by molar-refractivity contribution is 7.80. The zero-order valence-corrected chi connectivity index (χ0v) is 19.0. The van der Waals surface area contributed by atoms with E-state index in [0.717, 1.165) is 16.3 Å². The highest BCUT2D eigenvalue weighted by Crippen LogP contribution is 2.21. The number of fused-ring (bicyclic) bond motifs is 1. The summed E-state index contributed by atoms with van der Waals surface area (Å²) < 4.78 is 0. The van der Waals surface area contributed by atoms with E-state index in [1.165, 1.54) is 6.08 Å². The van der Waals surface area contributed by atoms with E-state index < -0.39 is 11.8 Å². The Bertz CT molecular complexity index is 1220. The predicted octanol–water partition coefficient (Wildman–Crippen LogP) is 3.95. The Labute approximate surface area is 201 Å². The molecule has 0 spiro atoms. The molecule has 0 fully saturated rings. The third kappa shape index (κ3) is 7.41. The van der Waals surface area contributed by atoms with Crippen molar-refractivity contribution < 1.29 is 14.4 Å². The molecule has 0 aromatic heterocycles. The maximum Gasteiger partial charge on any atom is 0.250 e. The first-order chi connectivity index (χ1) is 15.9. The monoisotopic (exact) mass is 480 g/mol. The van der Waals surface area contributed by atoms with Crippen molar-refractivity contribution in [3.63, 3.8) is 0 Å². The third-order valence-electron chi connectivity index (χ3n) is 4.52. The molecule has 3 amide bonds. The molecule has 0 aliphatic rings. The van der Waals surface area contributed by atoms with Gasteiger partial charge in [-0.2, -0.15) is 0 Å². The zero-order chi connectivity index (χ0) is 23.6. The van der Waals surface area contributed by atoms with Gasteiger partial charge in [-0.3, -0.25) is 30.6 Å². The van der Waals surface area contributed by atoms with Gasteiger partial charge in [0.1, 0.15) is 0 Å². The van der Waals surface area contributed by atoms with E-state index >= 15 is 0 Å². The molecule has 0 saturated carbocycles. The smallest absolute Gasteiger partial charge is 0.250 e. The summed E-state index contributed by atoms with van der Waals surface area (Å²) in [6, 6.07) is 20.5. The van der Waals surface area contributed by atoms with Crippen LogP contribution in [0.15, 0.2) is 72.8 Å². The fourth-order valence-electron chi connectivity index (χ4n) is 2.94. The highest BCUT2D eigenvalue weighted by atomic mass is 35.5. The first-order valence-electron chi connectivity index (χ1n) is 10.0. The lowest BCUT2D eigenvalue weighted by atomic mass is 10.0. The highest BCUT2D eigenvalue weighted by Gasteiger charge is 2.09. The average molecular weight is 481 g/mol. The summed E-state index contributed by atoms with van der Waals surface area (Å²) >= 11 is 11.0. The quantitative estimate of drug-likeness (QED) is 0.243. The molecule has 4 N–H and O–H groups in total. The fourth-order valence-corrected chi connectivity index (χ4v) is 3.27. The van der Waals surface area contributed by atoms with Gasteiger partial charge in [-0.05, 0) is 46.8 Å². The third-order valence-corrected chi connectivity index (χ3v) is 5.05. The van der Waals surface area contributed by atoms with E-state index in [1.54, 1.807) is 30.3 Å². The van der Waals surface area contributed by atoms with Gasteiger partial charge in [-0.25, -0.2) is 0 Å². The molecule has 3 aromatic carbocycles. The number of amides is 3. The molecule has 0 aliphatic heterocycles. The minimum absolute atomic E-state index is 0.0500. The van der Waals surface area contributed by atoms with Crippen LogP contribution in [0.4, 0.5) is 5.69 Å². The number of halogens is 1. The maximum atomic E-state index is 12.1. The summed E-state index contributed by atoms with van der Waals surface area (Å²) in [6.45, 7) is 0. The molecule has 0 unspecified atom stereocenters. The van der Waals surface area contributed by atoms with Crippen LogP contribution in [0.3, 0.4) is 0 Å². The van der Waals surface area contributed by atoms with Crippen molar-refractivity contribution in [2.45, 2.75) is 12.8 Å². The van der Waals surface area contributed by atoms with Crippen molar-refractivity contribution >= 4 is 69.2 Å². The molecule has 0 radical (unpaired) electrons. The molecular formula is C24H21ClN4O3S. The normalized spacial score (nSPS) is 10.6. The zero-order valence-electron chi connectivity index (χ0n) is 17.4. The number of anilines is 1. The van der Waals surface area contributed by atoms with E-state index in [-0.39, 0.29) is 23.9 Å². The first kappa shape index (κ1) is 23.9. The predicted molar refractivity (Wildman–Crippen MR) is 134 cm³/mol. The number of hydrogen-bond donors (Lipinski definition) is 4. The van der Waals surface area contributed by atoms with Crippen LogP contribution in [-0.2, 0) is 14.4 Å². The van der Waals surface area contributed by atoms with Crippen LogP contribution in [0.25, 0.3) is 16.8 Å². The van der Waals surface area contributed by atoms with Crippen LogP contribution in [-0.4, -0.2) is 22.8 Å². The van der Waals surface area contributed by atoms with Crippen molar-refractivity contribution in [3.05, 3.63) is 83.4 Å². The Morgan fingerprint density at radius 2 is 1.55 bits per heavy atom. The standard InChI is InChI=1S/C24H21ClN4O3S/c25-19-10-3-4-11-20(19)26-21(30)14-15-23(32)28-29-24(33)27-22(31)13-12-17-8-5-7-16-6-1-2-9-18(16)17/h1-13H,14-15H2,(H,26,30)(H,28,32)(H2,27,29,31,33). The summed E-state index contributed by atoms with van der Waals surface area (Å²) in [5, 5.41) is 7.51. The number of benzene rings is 3. The van der Waals surface area contributed by atoms with Gasteiger partial charge >= 0.3 is 0 Å². The van der Waals surface area contributed by atoms with Gasteiger partial charge in [0.05, 0.1) is 10.7 Å².